The van der Waals surface area contributed by atoms with E-state index in [1.807, 2.05) is 0 Å². The molecule has 1 fully saturated rings. The van der Waals surface area contributed by atoms with Crippen LogP contribution in [0.3, 0.4) is 0 Å². The first-order valence-corrected chi connectivity index (χ1v) is 1.93. The normalized spacial score (nSPS) is 35.0. The standard InChI is InChI=1S/C4H8O/c5-4-2-1-3-4/h4-5H,1-3H2/i4D. The smallest absolute Gasteiger partial charge is 0.0600 e. The minimum Gasteiger partial charge on any atom is -0.393 e. The fourth-order valence-corrected chi connectivity index (χ4v) is 0.335. The van der Waals surface area contributed by atoms with Gasteiger partial charge in [-0.1, -0.05) is 0 Å². The lowest BCUT2D eigenvalue weighted by Gasteiger charge is -2.17. The SMILES string of the molecule is [2H]C1(O)CCC1. The molecule has 1 aliphatic carbocycles. The van der Waals surface area contributed by atoms with Gasteiger partial charge in [-0.3, -0.25) is 0 Å². The molecule has 30 valence electrons. The zero-order chi connectivity index (χ0) is 4.62. The van der Waals surface area contributed by atoms with Crippen molar-refractivity contribution in [2.24, 2.45) is 0 Å². The minimum absolute atomic E-state index is 0.674. The van der Waals surface area contributed by atoms with Crippen molar-refractivity contribution < 1.29 is 6.48 Å². The molecule has 1 rings (SSSR count). The van der Waals surface area contributed by atoms with Crippen LogP contribution in [0.2, 0.25) is 0 Å². The van der Waals surface area contributed by atoms with Gasteiger partial charge in [-0.05, 0) is 19.3 Å². The molecule has 1 heteroatoms. The van der Waals surface area contributed by atoms with Gasteiger partial charge in [0.25, 0.3) is 0 Å². The lowest BCUT2D eigenvalue weighted by atomic mass is 9.97. The van der Waals surface area contributed by atoms with Crippen LogP contribution in [0, 0.1) is 0 Å². The summed E-state index contributed by atoms with van der Waals surface area (Å²) >= 11 is 0. The molecule has 1 aliphatic rings. The molecule has 5 heavy (non-hydrogen) atoms. The summed E-state index contributed by atoms with van der Waals surface area (Å²) in [7, 11) is 0. The third-order valence-electron chi connectivity index (χ3n) is 0.931. The van der Waals surface area contributed by atoms with Gasteiger partial charge in [-0.25, -0.2) is 0 Å². The molecule has 0 aromatic carbocycles. The molecular formula is C4H8O. The van der Waals surface area contributed by atoms with Crippen LogP contribution in [0.25, 0.3) is 0 Å². The molecule has 0 bridgehead atoms. The Hall–Kier alpha value is -0.0400. The van der Waals surface area contributed by atoms with Crippen molar-refractivity contribution in [2.45, 2.75) is 25.3 Å². The minimum atomic E-state index is -1.03. The topological polar surface area (TPSA) is 20.2 Å². The van der Waals surface area contributed by atoms with Crippen LogP contribution in [-0.4, -0.2) is 11.2 Å². The summed E-state index contributed by atoms with van der Waals surface area (Å²) in [5.74, 6) is 0. The summed E-state index contributed by atoms with van der Waals surface area (Å²) < 4.78 is 6.82. The van der Waals surface area contributed by atoms with Crippen molar-refractivity contribution >= 4 is 0 Å². The Morgan fingerprint density at radius 3 is 2.20 bits per heavy atom. The Kier molecular flexibility index (Phi) is 0.428. The number of hydrogen-bond donors (Lipinski definition) is 1. The zero-order valence-corrected chi connectivity index (χ0v) is 3.07. The first kappa shape index (κ1) is 2.19. The molecule has 0 atom stereocenters. The quantitative estimate of drug-likeness (QED) is 0.443. The van der Waals surface area contributed by atoms with Gasteiger partial charge in [0.15, 0.2) is 0 Å². The second-order valence-corrected chi connectivity index (χ2v) is 1.42. The van der Waals surface area contributed by atoms with Crippen LogP contribution < -0.4 is 0 Å². The lowest BCUT2D eigenvalue weighted by molar-refractivity contribution is 0.0950. The van der Waals surface area contributed by atoms with Crippen LogP contribution >= 0.6 is 0 Å². The molecule has 0 unspecified atom stereocenters. The summed E-state index contributed by atoms with van der Waals surface area (Å²) in [4.78, 5) is 0. The van der Waals surface area contributed by atoms with Crippen LogP contribution in [0.5, 0.6) is 0 Å². The third kappa shape index (κ3) is 0.428. The van der Waals surface area contributed by atoms with Crippen molar-refractivity contribution in [3.8, 4) is 0 Å². The highest BCUT2D eigenvalue weighted by atomic mass is 16.3. The van der Waals surface area contributed by atoms with Gasteiger partial charge < -0.3 is 5.11 Å². The maximum atomic E-state index is 8.58. The van der Waals surface area contributed by atoms with E-state index in [4.69, 9.17) is 6.48 Å². The zero-order valence-electron chi connectivity index (χ0n) is 4.07. The molecular weight excluding hydrogens is 64.0 g/mol. The Morgan fingerprint density at radius 1 is 1.80 bits per heavy atom. The van der Waals surface area contributed by atoms with E-state index in [2.05, 4.69) is 0 Å². The van der Waals surface area contributed by atoms with E-state index < -0.39 is 6.08 Å². The predicted molar refractivity (Wildman–Crippen MR) is 19.9 cm³/mol. The van der Waals surface area contributed by atoms with Crippen molar-refractivity contribution in [3.05, 3.63) is 0 Å². The molecule has 0 aliphatic heterocycles. The van der Waals surface area contributed by atoms with Crippen molar-refractivity contribution in [2.75, 3.05) is 0 Å². The Bertz CT molecular complexity index is 54.6. The molecule has 0 heterocycles. The Labute approximate surface area is 33.0 Å². The van der Waals surface area contributed by atoms with Gasteiger partial charge in [-0.2, -0.15) is 0 Å². The van der Waals surface area contributed by atoms with Crippen LogP contribution in [0.1, 0.15) is 20.6 Å². The van der Waals surface area contributed by atoms with E-state index in [-0.39, 0.29) is 0 Å². The molecule has 0 aromatic rings. The highest BCUT2D eigenvalue weighted by Gasteiger charge is 2.11. The van der Waals surface area contributed by atoms with Crippen LogP contribution in [0.15, 0.2) is 0 Å². The van der Waals surface area contributed by atoms with E-state index in [1.54, 1.807) is 0 Å². The predicted octanol–water partition coefficient (Wildman–Crippen LogP) is 0.531. The fraction of sp³-hybridized carbons (Fsp3) is 1.00. The second kappa shape index (κ2) is 0.977. The maximum Gasteiger partial charge on any atom is 0.0600 e. The summed E-state index contributed by atoms with van der Waals surface area (Å²) in [6, 6.07) is 0. The summed E-state index contributed by atoms with van der Waals surface area (Å²) in [6.07, 6.45) is 1.35. The maximum absolute atomic E-state index is 8.58. The summed E-state index contributed by atoms with van der Waals surface area (Å²) in [5, 5.41) is 8.58. The monoisotopic (exact) mass is 73.1 g/mol. The molecule has 0 aromatic heterocycles. The fourth-order valence-electron chi connectivity index (χ4n) is 0.335. The van der Waals surface area contributed by atoms with Gasteiger partial charge in [0.1, 0.15) is 0 Å². The molecule has 0 saturated heterocycles. The largest absolute Gasteiger partial charge is 0.393 e. The van der Waals surface area contributed by atoms with E-state index in [1.165, 1.54) is 0 Å². The highest BCUT2D eigenvalue weighted by molar-refractivity contribution is 4.65. The van der Waals surface area contributed by atoms with Crippen molar-refractivity contribution in [3.63, 3.8) is 0 Å². The van der Waals surface area contributed by atoms with Gasteiger partial charge in [0.2, 0.25) is 0 Å². The average Bonchev–Trinajstić information content (AvgIpc) is 1.32. The van der Waals surface area contributed by atoms with Crippen LogP contribution in [0.4, 0.5) is 0 Å². The van der Waals surface area contributed by atoms with E-state index in [0.29, 0.717) is 12.8 Å². The average molecular weight is 73.1 g/mol. The highest BCUT2D eigenvalue weighted by Crippen LogP contribution is 2.16. The van der Waals surface area contributed by atoms with Gasteiger partial charge in [-0.15, -0.1) is 0 Å². The lowest BCUT2D eigenvalue weighted by Crippen LogP contribution is -2.15. The summed E-state index contributed by atoms with van der Waals surface area (Å²) in [5.41, 5.74) is 0. The Balaban J connectivity index is 2.31. The van der Waals surface area contributed by atoms with Gasteiger partial charge >= 0.3 is 0 Å². The van der Waals surface area contributed by atoms with Gasteiger partial charge in [0, 0.05) is 0 Å². The van der Waals surface area contributed by atoms with Gasteiger partial charge in [0.05, 0.1) is 7.45 Å². The van der Waals surface area contributed by atoms with E-state index >= 15 is 0 Å². The van der Waals surface area contributed by atoms with E-state index in [9.17, 15) is 0 Å². The third-order valence-corrected chi connectivity index (χ3v) is 0.931. The number of aliphatic hydroxyl groups is 1. The molecule has 1 N–H and O–H groups in total. The first-order valence-electron chi connectivity index (χ1n) is 2.43. The molecule has 0 amide bonds. The Morgan fingerprint density at radius 2 is 2.20 bits per heavy atom. The first-order chi connectivity index (χ1) is 2.71. The number of rotatable bonds is 0. The number of hydrogen-bond acceptors (Lipinski definition) is 1. The van der Waals surface area contributed by atoms with E-state index in [0.717, 1.165) is 6.42 Å². The molecule has 0 spiro atoms. The molecule has 1 nitrogen and oxygen atoms in total. The van der Waals surface area contributed by atoms with Crippen molar-refractivity contribution in [1.29, 1.82) is 0 Å². The second-order valence-electron chi connectivity index (χ2n) is 1.42. The molecule has 1 saturated carbocycles. The summed E-state index contributed by atoms with van der Waals surface area (Å²) in [6.45, 7) is 0. The van der Waals surface area contributed by atoms with Crippen LogP contribution in [-0.2, 0) is 0 Å². The molecule has 0 radical (unpaired) electrons. The van der Waals surface area contributed by atoms with Crippen molar-refractivity contribution in [1.82, 2.24) is 0 Å².